The third kappa shape index (κ3) is 1.69. The van der Waals surface area contributed by atoms with Crippen molar-refractivity contribution >= 4 is 0 Å². The largest absolute Gasteiger partial charge is 0.339 e. The highest BCUT2D eigenvalue weighted by atomic mass is 16.5. The molecule has 5 heteroatoms. The van der Waals surface area contributed by atoms with Crippen LogP contribution in [0.3, 0.4) is 0 Å². The first kappa shape index (κ1) is 9.47. The van der Waals surface area contributed by atoms with E-state index in [4.69, 9.17) is 10.3 Å². The van der Waals surface area contributed by atoms with Crippen LogP contribution in [0.4, 0.5) is 0 Å². The molecule has 2 N–H and O–H groups in total. The lowest BCUT2D eigenvalue weighted by Crippen LogP contribution is -2.13. The van der Waals surface area contributed by atoms with E-state index in [1.165, 1.54) is 0 Å². The minimum absolute atomic E-state index is 0.334. The van der Waals surface area contributed by atoms with Crippen LogP contribution in [-0.4, -0.2) is 15.1 Å². The maximum absolute atomic E-state index is 6.04. The minimum atomic E-state index is -0.334. The number of hydrogen-bond acceptors (Lipinski definition) is 5. The van der Waals surface area contributed by atoms with E-state index in [0.29, 0.717) is 11.7 Å². The Labute approximate surface area is 92.7 Å². The Bertz CT molecular complexity index is 478. The fourth-order valence-electron chi connectivity index (χ4n) is 1.59. The number of nitrogens with two attached hydrogens (primary N) is 1. The van der Waals surface area contributed by atoms with E-state index in [9.17, 15) is 0 Å². The summed E-state index contributed by atoms with van der Waals surface area (Å²) in [6, 6.07) is 3.38. The van der Waals surface area contributed by atoms with Crippen molar-refractivity contribution in [2.75, 3.05) is 0 Å². The molecule has 3 rings (SSSR count). The Hall–Kier alpha value is -1.75. The molecule has 0 amide bonds. The van der Waals surface area contributed by atoms with Crippen LogP contribution in [-0.2, 0) is 0 Å². The minimum Gasteiger partial charge on any atom is -0.339 e. The van der Waals surface area contributed by atoms with Crippen LogP contribution in [0.25, 0.3) is 0 Å². The van der Waals surface area contributed by atoms with Gasteiger partial charge in [0.2, 0.25) is 5.89 Å². The van der Waals surface area contributed by atoms with Crippen molar-refractivity contribution in [3.05, 3.63) is 41.8 Å². The van der Waals surface area contributed by atoms with Gasteiger partial charge >= 0.3 is 0 Å². The second-order valence-electron chi connectivity index (χ2n) is 4.02. The molecule has 0 bridgehead atoms. The lowest BCUT2D eigenvalue weighted by Gasteiger charge is -2.05. The molecule has 0 aromatic carbocycles. The van der Waals surface area contributed by atoms with Crippen LogP contribution in [0.15, 0.2) is 29.0 Å². The average Bonchev–Trinajstić information content (AvgIpc) is 3.08. The molecule has 1 aliphatic rings. The number of nitrogens with zero attached hydrogens (tertiary/aromatic N) is 3. The van der Waals surface area contributed by atoms with Crippen molar-refractivity contribution in [1.29, 1.82) is 0 Å². The van der Waals surface area contributed by atoms with E-state index in [1.54, 1.807) is 12.4 Å². The van der Waals surface area contributed by atoms with Gasteiger partial charge in [-0.15, -0.1) is 0 Å². The Morgan fingerprint density at radius 1 is 1.31 bits per heavy atom. The van der Waals surface area contributed by atoms with E-state index >= 15 is 0 Å². The van der Waals surface area contributed by atoms with Crippen LogP contribution in [0.2, 0.25) is 0 Å². The van der Waals surface area contributed by atoms with Gasteiger partial charge < -0.3 is 10.3 Å². The summed E-state index contributed by atoms with van der Waals surface area (Å²) >= 11 is 0. The van der Waals surface area contributed by atoms with Gasteiger partial charge in [-0.3, -0.25) is 4.98 Å². The molecule has 16 heavy (non-hydrogen) atoms. The zero-order valence-electron chi connectivity index (χ0n) is 8.71. The van der Waals surface area contributed by atoms with Crippen LogP contribution in [0.1, 0.15) is 42.1 Å². The first-order valence-electron chi connectivity index (χ1n) is 5.33. The average molecular weight is 216 g/mol. The summed E-state index contributed by atoms with van der Waals surface area (Å²) in [7, 11) is 0. The van der Waals surface area contributed by atoms with Gasteiger partial charge in [-0.2, -0.15) is 4.98 Å². The van der Waals surface area contributed by atoms with Gasteiger partial charge in [-0.25, -0.2) is 0 Å². The maximum Gasteiger partial charge on any atom is 0.229 e. The summed E-state index contributed by atoms with van der Waals surface area (Å²) in [6.07, 6.45) is 5.70. The summed E-state index contributed by atoms with van der Waals surface area (Å²) < 4.78 is 5.17. The highest BCUT2D eigenvalue weighted by Crippen LogP contribution is 2.39. The molecule has 2 heterocycles. The molecule has 2 aromatic rings. The SMILES string of the molecule is N[C@H](c1ccncc1)c1noc(C2CC2)n1. The Morgan fingerprint density at radius 3 is 2.75 bits per heavy atom. The van der Waals surface area contributed by atoms with E-state index < -0.39 is 0 Å². The van der Waals surface area contributed by atoms with E-state index in [1.807, 2.05) is 12.1 Å². The second-order valence-corrected chi connectivity index (χ2v) is 4.02. The summed E-state index contributed by atoms with van der Waals surface area (Å²) in [5.41, 5.74) is 6.98. The molecule has 1 fully saturated rings. The highest BCUT2D eigenvalue weighted by molar-refractivity contribution is 5.21. The molecule has 2 aromatic heterocycles. The number of pyridine rings is 1. The highest BCUT2D eigenvalue weighted by Gasteiger charge is 2.30. The Morgan fingerprint density at radius 2 is 2.06 bits per heavy atom. The van der Waals surface area contributed by atoms with Crippen LogP contribution >= 0.6 is 0 Å². The third-order valence-corrected chi connectivity index (χ3v) is 2.73. The van der Waals surface area contributed by atoms with Gasteiger partial charge in [0, 0.05) is 18.3 Å². The van der Waals surface area contributed by atoms with E-state index in [-0.39, 0.29) is 6.04 Å². The Balaban J connectivity index is 1.85. The monoisotopic (exact) mass is 216 g/mol. The fraction of sp³-hybridized carbons (Fsp3) is 0.364. The van der Waals surface area contributed by atoms with Crippen LogP contribution in [0, 0.1) is 0 Å². The van der Waals surface area contributed by atoms with Gasteiger partial charge in [0.25, 0.3) is 0 Å². The number of rotatable bonds is 3. The van der Waals surface area contributed by atoms with Crippen molar-refractivity contribution in [3.8, 4) is 0 Å². The second kappa shape index (κ2) is 3.68. The predicted octanol–water partition coefficient (Wildman–Crippen LogP) is 1.39. The molecule has 0 aliphatic heterocycles. The molecule has 0 spiro atoms. The molecule has 0 unspecified atom stereocenters. The number of hydrogen-bond donors (Lipinski definition) is 1. The fourth-order valence-corrected chi connectivity index (χ4v) is 1.59. The number of aromatic nitrogens is 3. The summed E-state index contributed by atoms with van der Waals surface area (Å²) in [4.78, 5) is 8.27. The normalized spacial score (nSPS) is 17.3. The van der Waals surface area contributed by atoms with Crippen molar-refractivity contribution < 1.29 is 4.52 Å². The van der Waals surface area contributed by atoms with Gasteiger partial charge in [-0.05, 0) is 30.5 Å². The van der Waals surface area contributed by atoms with Gasteiger partial charge in [0.15, 0.2) is 5.82 Å². The van der Waals surface area contributed by atoms with Crippen molar-refractivity contribution in [1.82, 2.24) is 15.1 Å². The first-order valence-corrected chi connectivity index (χ1v) is 5.33. The van der Waals surface area contributed by atoms with Crippen molar-refractivity contribution in [2.45, 2.75) is 24.8 Å². The smallest absolute Gasteiger partial charge is 0.229 e. The zero-order valence-corrected chi connectivity index (χ0v) is 8.71. The zero-order chi connectivity index (χ0) is 11.0. The Kier molecular flexibility index (Phi) is 2.18. The van der Waals surface area contributed by atoms with E-state index in [2.05, 4.69) is 15.1 Å². The molecule has 1 atom stereocenters. The van der Waals surface area contributed by atoms with Gasteiger partial charge in [0.1, 0.15) is 0 Å². The van der Waals surface area contributed by atoms with E-state index in [0.717, 1.165) is 24.3 Å². The molecular weight excluding hydrogens is 204 g/mol. The summed E-state index contributed by atoms with van der Waals surface area (Å²) in [6.45, 7) is 0. The quantitative estimate of drug-likeness (QED) is 0.838. The molecular formula is C11H12N4O. The molecule has 1 saturated carbocycles. The van der Waals surface area contributed by atoms with Crippen LogP contribution in [0.5, 0.6) is 0 Å². The van der Waals surface area contributed by atoms with Gasteiger partial charge in [-0.1, -0.05) is 5.16 Å². The predicted molar refractivity (Wildman–Crippen MR) is 56.5 cm³/mol. The van der Waals surface area contributed by atoms with Crippen molar-refractivity contribution in [2.24, 2.45) is 5.73 Å². The van der Waals surface area contributed by atoms with Crippen molar-refractivity contribution in [3.63, 3.8) is 0 Å². The standard InChI is InChI=1S/C11H12N4O/c12-9(7-3-5-13-6-4-7)10-14-11(16-15-10)8-1-2-8/h3-6,8-9H,1-2,12H2/t9-/m1/s1. The van der Waals surface area contributed by atoms with Gasteiger partial charge in [0.05, 0.1) is 6.04 Å². The lowest BCUT2D eigenvalue weighted by molar-refractivity contribution is 0.372. The molecule has 82 valence electrons. The lowest BCUT2D eigenvalue weighted by atomic mass is 10.1. The van der Waals surface area contributed by atoms with Crippen LogP contribution < -0.4 is 5.73 Å². The summed E-state index contributed by atoms with van der Waals surface area (Å²) in [5, 5.41) is 3.92. The molecule has 1 aliphatic carbocycles. The summed E-state index contributed by atoms with van der Waals surface area (Å²) in [5.74, 6) is 1.73. The first-order chi connectivity index (χ1) is 7.84. The molecule has 0 radical (unpaired) electrons. The molecule has 0 saturated heterocycles. The topological polar surface area (TPSA) is 77.8 Å². The molecule has 5 nitrogen and oxygen atoms in total. The maximum atomic E-state index is 6.04. The third-order valence-electron chi connectivity index (χ3n) is 2.73.